The molecule has 2 aromatic rings. The van der Waals surface area contributed by atoms with Crippen molar-refractivity contribution in [2.45, 2.75) is 65.8 Å². The maximum Gasteiger partial charge on any atom is 0.197 e. The summed E-state index contributed by atoms with van der Waals surface area (Å²) in [6.45, 7) is 16.3. The molecule has 0 radical (unpaired) electrons. The molecular weight excluding hydrogens is 509 g/mol. The van der Waals surface area contributed by atoms with Crippen LogP contribution in [0.4, 0.5) is 10.1 Å². The first-order valence-corrected chi connectivity index (χ1v) is 14.3. The number of anilines is 1. The number of carbonyl (C=O) groups is 1. The summed E-state index contributed by atoms with van der Waals surface area (Å²) < 4.78 is 33.1. The zero-order valence-electron chi connectivity index (χ0n) is 25.0. The minimum absolute atomic E-state index is 0.00936. The van der Waals surface area contributed by atoms with Gasteiger partial charge in [-0.15, -0.1) is 0 Å². The second kappa shape index (κ2) is 9.96. The van der Waals surface area contributed by atoms with Gasteiger partial charge < -0.3 is 24.0 Å². The number of piperidine rings is 1. The molecule has 216 valence electrons. The molecule has 2 heterocycles. The van der Waals surface area contributed by atoms with Crippen molar-refractivity contribution in [3.63, 3.8) is 0 Å². The van der Waals surface area contributed by atoms with Gasteiger partial charge in [-0.3, -0.25) is 10.2 Å². The number of nitrogens with one attached hydrogen (secondary N) is 1. The summed E-state index contributed by atoms with van der Waals surface area (Å²) in [5, 5.41) is 8.96. The lowest BCUT2D eigenvalue weighted by Gasteiger charge is -2.34. The molecule has 2 aromatic carbocycles. The summed E-state index contributed by atoms with van der Waals surface area (Å²) in [4.78, 5) is 18.0. The number of amidine groups is 1. The third kappa shape index (κ3) is 4.59. The molecule has 0 aromatic heterocycles. The van der Waals surface area contributed by atoms with E-state index < -0.39 is 11.4 Å². The maximum absolute atomic E-state index is 15.8. The van der Waals surface area contributed by atoms with Crippen LogP contribution >= 0.6 is 0 Å². The Morgan fingerprint density at radius 2 is 1.73 bits per heavy atom. The molecular formula is C32H42FN3O4. The van der Waals surface area contributed by atoms with Crippen LogP contribution in [0.3, 0.4) is 0 Å². The Morgan fingerprint density at radius 3 is 2.30 bits per heavy atom. The Labute approximate surface area is 237 Å². The number of rotatable bonds is 9. The quantitative estimate of drug-likeness (QED) is 0.377. The Morgan fingerprint density at radius 1 is 1.07 bits per heavy atom. The van der Waals surface area contributed by atoms with E-state index in [1.165, 1.54) is 6.42 Å². The molecule has 3 aliphatic rings. The van der Waals surface area contributed by atoms with Gasteiger partial charge in [-0.1, -0.05) is 20.8 Å². The normalized spacial score (nSPS) is 20.9. The number of carbonyl (C=O) groups excluding carboxylic acids is 1. The van der Waals surface area contributed by atoms with Gasteiger partial charge in [0.25, 0.3) is 0 Å². The van der Waals surface area contributed by atoms with Gasteiger partial charge in [-0.05, 0) is 75.1 Å². The predicted molar refractivity (Wildman–Crippen MR) is 155 cm³/mol. The molecule has 1 saturated heterocycles. The fourth-order valence-electron chi connectivity index (χ4n) is 6.31. The number of benzene rings is 2. The van der Waals surface area contributed by atoms with Crippen LogP contribution in [0.1, 0.15) is 81.9 Å². The number of nitrogens with zero attached hydrogens (tertiary/aromatic N) is 2. The van der Waals surface area contributed by atoms with Crippen LogP contribution in [-0.4, -0.2) is 56.5 Å². The van der Waals surface area contributed by atoms with E-state index in [0.29, 0.717) is 23.5 Å². The molecule has 40 heavy (non-hydrogen) atoms. The molecule has 0 bridgehead atoms. The van der Waals surface area contributed by atoms with Crippen molar-refractivity contribution in [1.82, 2.24) is 4.90 Å². The number of halogens is 1. The second-order valence-electron chi connectivity index (χ2n) is 12.7. The van der Waals surface area contributed by atoms with E-state index in [9.17, 15) is 4.79 Å². The van der Waals surface area contributed by atoms with Gasteiger partial charge in [0.15, 0.2) is 23.1 Å². The molecule has 2 atom stereocenters. The second-order valence-corrected chi connectivity index (χ2v) is 12.7. The van der Waals surface area contributed by atoms with Crippen LogP contribution in [0, 0.1) is 23.1 Å². The van der Waals surface area contributed by atoms with Crippen LogP contribution in [0.2, 0.25) is 0 Å². The molecule has 8 heteroatoms. The van der Waals surface area contributed by atoms with Gasteiger partial charge in [-0.2, -0.15) is 0 Å². The molecule has 7 nitrogen and oxygen atoms in total. The van der Waals surface area contributed by atoms with Crippen LogP contribution in [0.15, 0.2) is 18.2 Å². The van der Waals surface area contributed by atoms with Crippen molar-refractivity contribution in [3.05, 3.63) is 46.3 Å². The summed E-state index contributed by atoms with van der Waals surface area (Å²) in [6.07, 6.45) is 1.28. The van der Waals surface area contributed by atoms with E-state index >= 15 is 4.39 Å². The Balaban J connectivity index is 1.52. The number of fused-ring (bicyclic) bond motifs is 2. The van der Waals surface area contributed by atoms with Gasteiger partial charge in [0, 0.05) is 24.2 Å². The lowest BCUT2D eigenvalue weighted by molar-refractivity contribution is 0.0920. The van der Waals surface area contributed by atoms with E-state index in [1.807, 2.05) is 32.9 Å². The Bertz CT molecular complexity index is 1350. The van der Waals surface area contributed by atoms with Gasteiger partial charge in [0.05, 0.1) is 43.7 Å². The van der Waals surface area contributed by atoms with E-state index in [2.05, 4.69) is 25.7 Å². The molecule has 2 aliphatic heterocycles. The van der Waals surface area contributed by atoms with Crippen LogP contribution in [0.5, 0.6) is 17.2 Å². The predicted octanol–water partition coefficient (Wildman–Crippen LogP) is 6.14. The lowest BCUT2D eigenvalue weighted by Crippen LogP contribution is -2.42. The summed E-state index contributed by atoms with van der Waals surface area (Å²) >= 11 is 0. The zero-order chi connectivity index (χ0) is 29.1. The molecule has 1 saturated carbocycles. The highest BCUT2D eigenvalue weighted by Gasteiger charge is 2.47. The highest BCUT2D eigenvalue weighted by molar-refractivity contribution is 6.07. The first kappa shape index (κ1) is 28.2. The first-order valence-electron chi connectivity index (χ1n) is 14.3. The lowest BCUT2D eigenvalue weighted by atomic mass is 9.84. The molecule has 0 unspecified atom stereocenters. The fraction of sp³-hybridized carbons (Fsp3) is 0.562. The van der Waals surface area contributed by atoms with Crippen molar-refractivity contribution in [3.8, 4) is 17.2 Å². The smallest absolute Gasteiger partial charge is 0.197 e. The van der Waals surface area contributed by atoms with E-state index in [-0.39, 0.29) is 41.5 Å². The largest absolute Gasteiger partial charge is 0.494 e. The summed E-state index contributed by atoms with van der Waals surface area (Å²) in [6, 6.07) is 5.64. The van der Waals surface area contributed by atoms with E-state index in [1.54, 1.807) is 25.0 Å². The summed E-state index contributed by atoms with van der Waals surface area (Å²) in [7, 11) is 1.69. The zero-order valence-corrected chi connectivity index (χ0v) is 25.0. The Hall–Kier alpha value is -3.29. The molecule has 2 fully saturated rings. The van der Waals surface area contributed by atoms with Crippen LogP contribution < -0.4 is 19.1 Å². The molecule has 1 aliphatic carbocycles. The van der Waals surface area contributed by atoms with Crippen molar-refractivity contribution in [1.29, 1.82) is 5.41 Å². The standard InChI is InChI=1S/C32H42FN3O4/c1-9-39-25-14-21-26(27(33)29(25)40-10-2)30(34)36(32(21,6)7)17-24(37)18-12-22(31(3,4)5)28(38-8)23(13-18)35-15-19-11-20(19)16-35/h12-14,19-20,34H,9-11,15-17H2,1-8H3/t19-,20+. The van der Waals surface area contributed by atoms with Crippen molar-refractivity contribution >= 4 is 17.3 Å². The van der Waals surface area contributed by atoms with Crippen molar-refractivity contribution in [2.75, 3.05) is 44.9 Å². The SMILES string of the molecule is CCOc1cc2c(c(F)c1OCC)C(=N)N(CC(=O)c1cc(N3C[C@H]4C[C@H]4C3)c(OC)c(C(C)(C)C)c1)C2(C)C. The number of ether oxygens (including phenoxy) is 3. The molecule has 5 rings (SSSR count). The number of hydrogen-bond donors (Lipinski definition) is 1. The number of Topliss-reactive ketones (excluding diaryl/α,β-unsaturated/α-hetero) is 1. The Kier molecular flexibility index (Phi) is 7.04. The summed E-state index contributed by atoms with van der Waals surface area (Å²) in [5.41, 5.74) is 2.22. The average Bonchev–Trinajstić information content (AvgIpc) is 3.45. The highest BCUT2D eigenvalue weighted by Crippen LogP contribution is 2.50. The van der Waals surface area contributed by atoms with Gasteiger partial charge in [-0.25, -0.2) is 4.39 Å². The highest BCUT2D eigenvalue weighted by atomic mass is 19.1. The average molecular weight is 552 g/mol. The number of hydrogen-bond acceptors (Lipinski definition) is 6. The monoisotopic (exact) mass is 551 g/mol. The maximum atomic E-state index is 15.8. The van der Waals surface area contributed by atoms with Gasteiger partial charge in [0.1, 0.15) is 11.6 Å². The number of ketones is 1. The summed E-state index contributed by atoms with van der Waals surface area (Å²) in [5.74, 6) is 1.82. The van der Waals surface area contributed by atoms with E-state index in [0.717, 1.165) is 41.9 Å². The first-order chi connectivity index (χ1) is 18.8. The minimum Gasteiger partial charge on any atom is -0.494 e. The van der Waals surface area contributed by atoms with Gasteiger partial charge in [0.2, 0.25) is 0 Å². The third-order valence-electron chi connectivity index (χ3n) is 8.64. The molecule has 1 N–H and O–H groups in total. The number of methoxy groups -OCH3 is 1. The fourth-order valence-corrected chi connectivity index (χ4v) is 6.31. The van der Waals surface area contributed by atoms with Crippen molar-refractivity contribution in [2.24, 2.45) is 11.8 Å². The molecule has 0 spiro atoms. The van der Waals surface area contributed by atoms with E-state index in [4.69, 9.17) is 19.6 Å². The van der Waals surface area contributed by atoms with Crippen LogP contribution in [0.25, 0.3) is 0 Å². The van der Waals surface area contributed by atoms with Gasteiger partial charge >= 0.3 is 0 Å². The topological polar surface area (TPSA) is 75.1 Å². The van der Waals surface area contributed by atoms with Crippen LogP contribution in [-0.2, 0) is 11.0 Å². The van der Waals surface area contributed by atoms with Crippen molar-refractivity contribution < 1.29 is 23.4 Å². The minimum atomic E-state index is -0.808. The molecule has 0 amide bonds. The third-order valence-corrected chi connectivity index (χ3v) is 8.64.